The Morgan fingerprint density at radius 1 is 1.25 bits per heavy atom. The molecule has 0 spiro atoms. The first-order chi connectivity index (χ1) is 7.08. The van der Waals surface area contributed by atoms with Crippen LogP contribution in [0.1, 0.15) is 34.6 Å². The third kappa shape index (κ3) is 5.26. The fraction of sp³-hybridized carbons (Fsp3) is 0.700. The number of nitrogens with one attached hydrogen (secondary N) is 1. The molecule has 0 rings (SSSR count). The minimum absolute atomic E-state index is 0.527. The maximum absolute atomic E-state index is 11.4. The molecule has 0 aromatic heterocycles. The number of hydrogen-bond donors (Lipinski definition) is 1. The van der Waals surface area contributed by atoms with E-state index in [9.17, 15) is 9.59 Å². The van der Waals surface area contributed by atoms with Crippen LogP contribution in [-0.4, -0.2) is 34.0 Å². The molecule has 6 heteroatoms. The van der Waals surface area contributed by atoms with Crippen LogP contribution in [0.4, 0.5) is 4.79 Å². The van der Waals surface area contributed by atoms with Crippen LogP contribution in [-0.2, 0) is 9.53 Å². The molecule has 0 atom stereocenters. The van der Waals surface area contributed by atoms with E-state index in [-0.39, 0.29) is 0 Å². The van der Waals surface area contributed by atoms with Crippen molar-refractivity contribution in [1.82, 2.24) is 5.32 Å². The molecule has 90 valence electrons. The molecule has 0 aromatic carbocycles. The fourth-order valence-corrected chi connectivity index (χ4v) is 0.834. The quantitative estimate of drug-likeness (QED) is 0.445. The van der Waals surface area contributed by atoms with Crippen molar-refractivity contribution < 1.29 is 19.1 Å². The second kappa shape index (κ2) is 4.90. The van der Waals surface area contributed by atoms with Crippen molar-refractivity contribution in [3.63, 3.8) is 0 Å². The number of carbonyl (C=O) groups is 2. The Balaban J connectivity index is 4.54. The molecule has 0 aliphatic rings. The van der Waals surface area contributed by atoms with E-state index in [1.165, 1.54) is 13.8 Å². The van der Waals surface area contributed by atoms with E-state index in [0.717, 1.165) is 6.21 Å². The summed E-state index contributed by atoms with van der Waals surface area (Å²) in [4.78, 5) is 25.4. The third-order valence-corrected chi connectivity index (χ3v) is 1.60. The minimum atomic E-state index is -1.17. The van der Waals surface area contributed by atoms with E-state index in [1.807, 2.05) is 0 Å². The van der Waals surface area contributed by atoms with Gasteiger partial charge in [-0.2, -0.15) is 4.79 Å². The first-order valence-electron chi connectivity index (χ1n) is 4.81. The Morgan fingerprint density at radius 3 is 2.12 bits per heavy atom. The molecule has 0 aromatic rings. The zero-order chi connectivity index (χ0) is 13.0. The molecule has 1 amide bonds. The zero-order valence-corrected chi connectivity index (χ0v) is 10.2. The van der Waals surface area contributed by atoms with Crippen LogP contribution in [0, 0.1) is 0 Å². The van der Waals surface area contributed by atoms with E-state index < -0.39 is 23.0 Å². The van der Waals surface area contributed by atoms with Gasteiger partial charge < -0.3 is 15.6 Å². The van der Waals surface area contributed by atoms with E-state index in [4.69, 9.17) is 10.3 Å². The summed E-state index contributed by atoms with van der Waals surface area (Å²) in [6, 6.07) is 0. The first-order valence-corrected chi connectivity index (χ1v) is 4.81. The Labute approximate surface area is 94.6 Å². The summed E-state index contributed by atoms with van der Waals surface area (Å²) >= 11 is 0. The highest BCUT2D eigenvalue weighted by Crippen LogP contribution is 2.09. The summed E-state index contributed by atoms with van der Waals surface area (Å²) in [6.07, 6.45) is 0.0365. The average molecular weight is 227 g/mol. The first kappa shape index (κ1) is 14.3. The van der Waals surface area contributed by atoms with Crippen molar-refractivity contribution >= 4 is 18.1 Å². The second-order valence-electron chi connectivity index (χ2n) is 4.86. The van der Waals surface area contributed by atoms with Crippen LogP contribution < -0.4 is 5.32 Å². The Morgan fingerprint density at radius 2 is 1.75 bits per heavy atom. The summed E-state index contributed by atoms with van der Waals surface area (Å²) in [6.45, 7) is 8.13. The molecule has 0 fully saturated rings. The average Bonchev–Trinajstić information content (AvgIpc) is 1.99. The number of alkyl carbamates (subject to hydrolysis) is 1. The lowest BCUT2D eigenvalue weighted by molar-refractivity contribution is -0.120. The maximum Gasteiger partial charge on any atom is 0.408 e. The Hall–Kier alpha value is -1.68. The lowest BCUT2D eigenvalue weighted by Crippen LogP contribution is -2.51. The van der Waals surface area contributed by atoms with Crippen LogP contribution in [0.25, 0.3) is 5.53 Å². The summed E-state index contributed by atoms with van der Waals surface area (Å²) in [5, 5.41) is 2.38. The SMILES string of the molecule is CC(C)(C)OC(=O)NC(C)(C)C(=O)C=[N+]=[N-]. The zero-order valence-electron chi connectivity index (χ0n) is 10.2. The molecule has 16 heavy (non-hydrogen) atoms. The van der Waals surface area contributed by atoms with Gasteiger partial charge in [0.25, 0.3) is 5.78 Å². The van der Waals surface area contributed by atoms with Crippen molar-refractivity contribution in [2.45, 2.75) is 45.8 Å². The Bertz CT molecular complexity index is 336. The molecule has 0 radical (unpaired) electrons. The highest BCUT2D eigenvalue weighted by molar-refractivity contribution is 6.29. The summed E-state index contributed by atoms with van der Waals surface area (Å²) in [7, 11) is 0. The predicted octanol–water partition coefficient (Wildman–Crippen LogP) is 1.16. The van der Waals surface area contributed by atoms with E-state index in [2.05, 4.69) is 10.1 Å². The normalized spacial score (nSPS) is 11.3. The van der Waals surface area contributed by atoms with Gasteiger partial charge in [0, 0.05) is 0 Å². The van der Waals surface area contributed by atoms with Crippen molar-refractivity contribution in [3.05, 3.63) is 5.53 Å². The second-order valence-corrected chi connectivity index (χ2v) is 4.86. The van der Waals surface area contributed by atoms with E-state index in [1.54, 1.807) is 20.8 Å². The van der Waals surface area contributed by atoms with Gasteiger partial charge in [-0.05, 0) is 34.6 Å². The minimum Gasteiger partial charge on any atom is -0.444 e. The number of Topliss-reactive ketones (excluding diaryl/α,β-unsaturated/α-hetero) is 1. The number of rotatable bonds is 3. The van der Waals surface area contributed by atoms with Gasteiger partial charge in [0.2, 0.25) is 0 Å². The van der Waals surface area contributed by atoms with Gasteiger partial charge in [0.05, 0.1) is 0 Å². The monoisotopic (exact) mass is 227 g/mol. The Kier molecular flexibility index (Phi) is 4.38. The van der Waals surface area contributed by atoms with Gasteiger partial charge in [0.1, 0.15) is 11.1 Å². The van der Waals surface area contributed by atoms with Gasteiger partial charge in [0.15, 0.2) is 0 Å². The van der Waals surface area contributed by atoms with Gasteiger partial charge >= 0.3 is 12.3 Å². The molecule has 6 nitrogen and oxygen atoms in total. The molecule has 1 N–H and O–H groups in total. The van der Waals surface area contributed by atoms with Crippen LogP contribution >= 0.6 is 0 Å². The van der Waals surface area contributed by atoms with E-state index >= 15 is 0 Å². The molecule has 0 unspecified atom stereocenters. The summed E-state index contributed by atoms with van der Waals surface area (Å²) < 4.78 is 4.99. The molecule has 0 bridgehead atoms. The van der Waals surface area contributed by atoms with Crippen molar-refractivity contribution in [2.24, 2.45) is 0 Å². The summed E-state index contributed by atoms with van der Waals surface area (Å²) in [5.41, 5.74) is 6.42. The van der Waals surface area contributed by atoms with Crippen molar-refractivity contribution in [1.29, 1.82) is 0 Å². The maximum atomic E-state index is 11.4. The van der Waals surface area contributed by atoms with Gasteiger partial charge in [-0.25, -0.2) is 4.79 Å². The standard InChI is InChI=1S/C10H17N3O3/c1-9(2,3)16-8(15)13-10(4,5)7(14)6-12-11/h6H,1-5H3,(H,13,15). The van der Waals surface area contributed by atoms with Gasteiger partial charge in [-0.15, -0.1) is 0 Å². The fourth-order valence-electron chi connectivity index (χ4n) is 0.834. The number of ether oxygens (including phenoxy) is 1. The van der Waals surface area contributed by atoms with Crippen LogP contribution in [0.2, 0.25) is 0 Å². The molecule has 0 heterocycles. The van der Waals surface area contributed by atoms with Crippen LogP contribution in [0.5, 0.6) is 0 Å². The van der Waals surface area contributed by atoms with Gasteiger partial charge in [-0.1, -0.05) is 0 Å². The largest absolute Gasteiger partial charge is 0.444 e. The van der Waals surface area contributed by atoms with E-state index in [0.29, 0.717) is 0 Å². The lowest BCUT2D eigenvalue weighted by atomic mass is 10.0. The molecule has 0 saturated heterocycles. The van der Waals surface area contributed by atoms with Crippen LogP contribution in [0.15, 0.2) is 0 Å². The smallest absolute Gasteiger partial charge is 0.408 e. The third-order valence-electron chi connectivity index (χ3n) is 1.60. The molecular formula is C10H17N3O3. The molecule has 0 saturated carbocycles. The number of hydrogen-bond acceptors (Lipinski definition) is 3. The topological polar surface area (TPSA) is 91.8 Å². The highest BCUT2D eigenvalue weighted by Gasteiger charge is 2.32. The predicted molar refractivity (Wildman–Crippen MR) is 58.1 cm³/mol. The lowest BCUT2D eigenvalue weighted by Gasteiger charge is -2.25. The molecular weight excluding hydrogens is 210 g/mol. The molecule has 0 aliphatic carbocycles. The number of nitrogens with zero attached hydrogens (tertiary/aromatic N) is 2. The van der Waals surface area contributed by atoms with Crippen molar-refractivity contribution in [3.8, 4) is 0 Å². The molecule has 0 aliphatic heterocycles. The van der Waals surface area contributed by atoms with Crippen molar-refractivity contribution in [2.75, 3.05) is 0 Å². The number of ketones is 1. The van der Waals surface area contributed by atoms with Gasteiger partial charge in [-0.3, -0.25) is 4.79 Å². The van der Waals surface area contributed by atoms with Crippen LogP contribution in [0.3, 0.4) is 0 Å². The summed E-state index contributed by atoms with van der Waals surface area (Å²) in [5.74, 6) is -0.527. The number of carbonyl (C=O) groups excluding carboxylic acids is 2. The number of amides is 1. The highest BCUT2D eigenvalue weighted by atomic mass is 16.6.